The Morgan fingerprint density at radius 2 is 1.81 bits per heavy atom. The van der Waals surface area contributed by atoms with E-state index >= 15 is 0 Å². The Hall–Kier alpha value is -3.84. The van der Waals surface area contributed by atoms with Gasteiger partial charge in [-0.05, 0) is 42.7 Å². The van der Waals surface area contributed by atoms with Gasteiger partial charge in [0.2, 0.25) is 6.35 Å². The second-order valence-electron chi connectivity index (χ2n) is 9.02. The summed E-state index contributed by atoms with van der Waals surface area (Å²) in [7, 11) is 1.50. The second kappa shape index (κ2) is 8.92. The fourth-order valence-corrected chi connectivity index (χ4v) is 4.05. The molecule has 9 nitrogen and oxygen atoms in total. The molecular formula is C24H22F4N4O5. The van der Waals surface area contributed by atoms with Crippen molar-refractivity contribution in [2.24, 2.45) is 0 Å². The van der Waals surface area contributed by atoms with Gasteiger partial charge in [0.1, 0.15) is 17.3 Å². The number of carbonyl (C=O) groups is 1. The van der Waals surface area contributed by atoms with Gasteiger partial charge in [0.15, 0.2) is 11.5 Å². The van der Waals surface area contributed by atoms with Crippen LogP contribution >= 0.6 is 0 Å². The van der Waals surface area contributed by atoms with Crippen LogP contribution < -0.4 is 14.4 Å². The maximum Gasteiger partial charge on any atom is 0.573 e. The van der Waals surface area contributed by atoms with Gasteiger partial charge in [-0.25, -0.2) is 4.39 Å². The highest BCUT2D eigenvalue weighted by Crippen LogP contribution is 2.40. The molecule has 37 heavy (non-hydrogen) atoms. The molecular weight excluding hydrogens is 500 g/mol. The second-order valence-corrected chi connectivity index (χ2v) is 9.02. The van der Waals surface area contributed by atoms with Crippen molar-refractivity contribution >= 4 is 11.7 Å². The standard InChI is InChI=1S/C24H22F4N4O5/c1-30-19-18(20(33)32(22(30)34)13-23(35)9-10-23)31(12-14-5-7-15(25)8-6-14)21(29-19)36-16-3-2-4-17(11-16)37-24(26,27)28/h2-8,11,22,34-35H,9-10,12-13H2,1H3. The number of β-amino-alcohol motifs (C(OH)–C–C–N with tert-alkyl or cyclic N) is 1. The van der Waals surface area contributed by atoms with Crippen molar-refractivity contribution in [3.63, 3.8) is 0 Å². The molecule has 2 aliphatic rings. The number of ether oxygens (including phenoxy) is 2. The lowest BCUT2D eigenvalue weighted by Gasteiger charge is -2.39. The first-order valence-electron chi connectivity index (χ1n) is 11.3. The van der Waals surface area contributed by atoms with Gasteiger partial charge in [0.25, 0.3) is 5.91 Å². The van der Waals surface area contributed by atoms with Gasteiger partial charge in [0.05, 0.1) is 18.7 Å². The van der Waals surface area contributed by atoms with Crippen LogP contribution in [0.15, 0.2) is 48.5 Å². The number of anilines is 1. The monoisotopic (exact) mass is 522 g/mol. The Bertz CT molecular complexity index is 1320. The number of halogens is 4. The Kier molecular flexibility index (Phi) is 5.99. The van der Waals surface area contributed by atoms with Crippen LogP contribution in [0.1, 0.15) is 28.9 Å². The molecule has 0 radical (unpaired) electrons. The van der Waals surface area contributed by atoms with E-state index < -0.39 is 35.8 Å². The molecule has 0 bridgehead atoms. The van der Waals surface area contributed by atoms with E-state index in [1.165, 1.54) is 52.9 Å². The van der Waals surface area contributed by atoms with Crippen LogP contribution in [0.5, 0.6) is 17.5 Å². The SMILES string of the molecule is CN1c2nc(Oc3cccc(OC(F)(F)F)c3)n(Cc3ccc(F)cc3)c2C(=O)N(CC2(O)CC2)C1O. The lowest BCUT2D eigenvalue weighted by atomic mass is 10.2. The number of hydrogen-bond acceptors (Lipinski definition) is 7. The van der Waals surface area contributed by atoms with Crippen LogP contribution in [-0.2, 0) is 6.54 Å². The molecule has 1 saturated carbocycles. The Morgan fingerprint density at radius 1 is 1.14 bits per heavy atom. The van der Waals surface area contributed by atoms with Crippen molar-refractivity contribution in [2.75, 3.05) is 18.5 Å². The fourth-order valence-electron chi connectivity index (χ4n) is 4.05. The van der Waals surface area contributed by atoms with E-state index in [0.29, 0.717) is 18.4 Å². The van der Waals surface area contributed by atoms with E-state index in [9.17, 15) is 32.6 Å². The van der Waals surface area contributed by atoms with E-state index in [0.717, 1.165) is 17.0 Å². The molecule has 2 aromatic carbocycles. The summed E-state index contributed by atoms with van der Waals surface area (Å²) < 4.78 is 62.6. The van der Waals surface area contributed by atoms with E-state index in [4.69, 9.17) is 4.74 Å². The average molecular weight is 522 g/mol. The topological polar surface area (TPSA) is 100 Å². The number of fused-ring (bicyclic) bond motifs is 1. The highest BCUT2D eigenvalue weighted by Gasteiger charge is 2.48. The molecule has 1 aromatic heterocycles. The number of carbonyl (C=O) groups excluding carboxylic acids is 1. The zero-order valence-electron chi connectivity index (χ0n) is 19.4. The maximum atomic E-state index is 13.5. The molecule has 1 atom stereocenters. The molecule has 1 unspecified atom stereocenters. The Morgan fingerprint density at radius 3 is 2.46 bits per heavy atom. The van der Waals surface area contributed by atoms with E-state index in [2.05, 4.69) is 9.72 Å². The van der Waals surface area contributed by atoms with Crippen LogP contribution in [0.3, 0.4) is 0 Å². The molecule has 1 fully saturated rings. The minimum Gasteiger partial charge on any atom is -0.425 e. The van der Waals surface area contributed by atoms with Gasteiger partial charge in [-0.15, -0.1) is 13.2 Å². The van der Waals surface area contributed by atoms with Gasteiger partial charge >= 0.3 is 12.4 Å². The van der Waals surface area contributed by atoms with Gasteiger partial charge < -0.3 is 24.6 Å². The summed E-state index contributed by atoms with van der Waals surface area (Å²) in [5.74, 6) is -1.59. The first kappa shape index (κ1) is 24.8. The molecule has 2 N–H and O–H groups in total. The number of benzene rings is 2. The molecule has 0 saturated heterocycles. The smallest absolute Gasteiger partial charge is 0.425 e. The molecule has 3 aromatic rings. The Labute approximate surface area is 208 Å². The summed E-state index contributed by atoms with van der Waals surface area (Å²) in [6.45, 7) is -0.115. The molecule has 1 aliphatic carbocycles. The number of alkyl halides is 3. The van der Waals surface area contributed by atoms with Gasteiger partial charge in [-0.1, -0.05) is 18.2 Å². The largest absolute Gasteiger partial charge is 0.573 e. The molecule has 1 aliphatic heterocycles. The van der Waals surface area contributed by atoms with E-state index in [1.807, 2.05) is 0 Å². The molecule has 13 heteroatoms. The first-order chi connectivity index (χ1) is 17.4. The van der Waals surface area contributed by atoms with Crippen molar-refractivity contribution in [1.82, 2.24) is 14.5 Å². The van der Waals surface area contributed by atoms with Crippen molar-refractivity contribution < 1.29 is 42.0 Å². The van der Waals surface area contributed by atoms with E-state index in [-0.39, 0.29) is 36.4 Å². The summed E-state index contributed by atoms with van der Waals surface area (Å²) in [5, 5.41) is 21.2. The third-order valence-corrected chi connectivity index (χ3v) is 6.13. The molecule has 196 valence electrons. The highest BCUT2D eigenvalue weighted by atomic mass is 19.4. The van der Waals surface area contributed by atoms with Crippen LogP contribution in [-0.4, -0.2) is 62.5 Å². The van der Waals surface area contributed by atoms with Gasteiger partial charge in [0, 0.05) is 13.1 Å². The van der Waals surface area contributed by atoms with Crippen LogP contribution in [0, 0.1) is 5.82 Å². The highest BCUT2D eigenvalue weighted by molar-refractivity contribution is 6.00. The summed E-state index contributed by atoms with van der Waals surface area (Å²) in [6, 6.07) is 10.1. The minimum atomic E-state index is -4.90. The minimum absolute atomic E-state index is 0.00945. The van der Waals surface area contributed by atoms with Crippen molar-refractivity contribution in [1.29, 1.82) is 0 Å². The predicted molar refractivity (Wildman–Crippen MR) is 121 cm³/mol. The van der Waals surface area contributed by atoms with Gasteiger partial charge in [-0.3, -0.25) is 14.3 Å². The van der Waals surface area contributed by atoms with Crippen molar-refractivity contribution in [2.45, 2.75) is 37.7 Å². The van der Waals surface area contributed by atoms with E-state index in [1.54, 1.807) is 0 Å². The molecule has 0 spiro atoms. The number of hydrogen-bond donors (Lipinski definition) is 2. The van der Waals surface area contributed by atoms with Crippen molar-refractivity contribution in [3.05, 3.63) is 65.6 Å². The summed E-state index contributed by atoms with van der Waals surface area (Å²) in [4.78, 5) is 20.3. The number of aliphatic hydroxyl groups is 2. The van der Waals surface area contributed by atoms with Crippen LogP contribution in [0.4, 0.5) is 23.4 Å². The number of imidazole rings is 1. The van der Waals surface area contributed by atoms with Crippen LogP contribution in [0.25, 0.3) is 0 Å². The maximum absolute atomic E-state index is 13.5. The third kappa shape index (κ3) is 5.18. The summed E-state index contributed by atoms with van der Waals surface area (Å²) in [6.07, 6.45) is -5.35. The third-order valence-electron chi connectivity index (χ3n) is 6.13. The zero-order chi connectivity index (χ0) is 26.5. The Balaban J connectivity index is 1.55. The number of amides is 1. The quantitative estimate of drug-likeness (QED) is 0.459. The average Bonchev–Trinajstić information content (AvgIpc) is 3.45. The fraction of sp³-hybridized carbons (Fsp3) is 0.333. The molecule has 5 rings (SSSR count). The lowest BCUT2D eigenvalue weighted by Crippen LogP contribution is -2.56. The zero-order valence-corrected chi connectivity index (χ0v) is 19.4. The number of rotatable bonds is 7. The normalized spacial score (nSPS) is 18.6. The first-order valence-corrected chi connectivity index (χ1v) is 11.3. The van der Waals surface area contributed by atoms with Crippen molar-refractivity contribution in [3.8, 4) is 17.5 Å². The number of aliphatic hydroxyl groups excluding tert-OH is 1. The number of nitrogens with zero attached hydrogens (tertiary/aromatic N) is 4. The lowest BCUT2D eigenvalue weighted by molar-refractivity contribution is -0.274. The summed E-state index contributed by atoms with van der Waals surface area (Å²) >= 11 is 0. The summed E-state index contributed by atoms with van der Waals surface area (Å²) in [5.41, 5.74) is -0.483. The van der Waals surface area contributed by atoms with Gasteiger partial charge in [-0.2, -0.15) is 4.98 Å². The van der Waals surface area contributed by atoms with Crippen LogP contribution in [0.2, 0.25) is 0 Å². The molecule has 2 heterocycles. The predicted octanol–water partition coefficient (Wildman–Crippen LogP) is 3.45. The number of aromatic nitrogens is 2. The molecule has 1 amide bonds.